The van der Waals surface area contributed by atoms with Crippen LogP contribution in [0.5, 0.6) is 5.75 Å². The number of halogens is 2. The maximum atomic E-state index is 9.09. The van der Waals surface area contributed by atoms with Crippen molar-refractivity contribution in [1.82, 2.24) is 0 Å². The molecule has 1 aromatic carbocycles. The third kappa shape index (κ3) is 1.96. The van der Waals surface area contributed by atoms with Gasteiger partial charge in [0.25, 0.3) is 0 Å². The number of aromatic hydroxyl groups is 1. The molecule has 0 amide bonds. The lowest BCUT2D eigenvalue weighted by molar-refractivity contribution is 0.471. The van der Waals surface area contributed by atoms with Crippen molar-refractivity contribution in [3.8, 4) is 5.75 Å². The molecule has 0 aliphatic rings. The molecular weight excluding hydrogens is 342 g/mol. The van der Waals surface area contributed by atoms with E-state index in [1.54, 1.807) is 6.07 Å². The van der Waals surface area contributed by atoms with Crippen LogP contribution in [0.2, 0.25) is 0 Å². The van der Waals surface area contributed by atoms with Gasteiger partial charge in [-0.3, -0.25) is 0 Å². The Bertz CT molecular complexity index is 222. The summed E-state index contributed by atoms with van der Waals surface area (Å²) in [6.45, 7) is 0. The van der Waals surface area contributed by atoms with Gasteiger partial charge in [0.05, 0.1) is 3.57 Å². The van der Waals surface area contributed by atoms with E-state index in [2.05, 4.69) is 45.2 Å². The molecular formula is C6H4I2O. The summed E-state index contributed by atoms with van der Waals surface area (Å²) in [5, 5.41) is 9.09. The van der Waals surface area contributed by atoms with Crippen molar-refractivity contribution < 1.29 is 5.11 Å². The fraction of sp³-hybridized carbons (Fsp3) is 0. The molecule has 0 radical (unpaired) electrons. The molecule has 1 N–H and O–H groups in total. The molecule has 0 fully saturated rings. The Morgan fingerprint density at radius 2 is 1.89 bits per heavy atom. The largest absolute Gasteiger partial charge is 0.507 e. The Balaban J connectivity index is 3.17. The molecule has 1 aromatic rings. The topological polar surface area (TPSA) is 20.2 Å². The average Bonchev–Trinajstić information content (AvgIpc) is 1.80. The van der Waals surface area contributed by atoms with Gasteiger partial charge in [-0.25, -0.2) is 0 Å². The molecule has 48 valence electrons. The summed E-state index contributed by atoms with van der Waals surface area (Å²) in [6, 6.07) is 5.59. The van der Waals surface area contributed by atoms with E-state index < -0.39 is 0 Å². The van der Waals surface area contributed by atoms with Crippen molar-refractivity contribution in [1.29, 1.82) is 0 Å². The highest BCUT2D eigenvalue weighted by Gasteiger charge is 1.94. The number of phenols is 1. The predicted molar refractivity (Wildman–Crippen MR) is 53.5 cm³/mol. The maximum absolute atomic E-state index is 9.09. The van der Waals surface area contributed by atoms with Crippen molar-refractivity contribution in [2.45, 2.75) is 0 Å². The van der Waals surface area contributed by atoms with Crippen LogP contribution in [0.25, 0.3) is 0 Å². The Hall–Kier alpha value is 0.480. The number of hydrogen-bond donors (Lipinski definition) is 1. The standard InChI is InChI=1S/C6H4I2O/c7-4-1-2-5(8)6(9)3-4/h1-3,9H. The van der Waals surface area contributed by atoms with E-state index in [0.29, 0.717) is 5.75 Å². The van der Waals surface area contributed by atoms with Gasteiger partial charge in [-0.05, 0) is 63.4 Å². The fourth-order valence-electron chi connectivity index (χ4n) is 0.486. The minimum absolute atomic E-state index is 0.363. The zero-order valence-electron chi connectivity index (χ0n) is 4.44. The average molecular weight is 346 g/mol. The zero-order chi connectivity index (χ0) is 6.85. The first-order chi connectivity index (χ1) is 4.20. The van der Waals surface area contributed by atoms with Crippen LogP contribution >= 0.6 is 45.2 Å². The first kappa shape index (κ1) is 7.59. The van der Waals surface area contributed by atoms with Crippen molar-refractivity contribution in [3.05, 3.63) is 25.3 Å². The summed E-state index contributed by atoms with van der Waals surface area (Å²) >= 11 is 4.25. The Morgan fingerprint density at radius 3 is 2.33 bits per heavy atom. The van der Waals surface area contributed by atoms with Crippen LogP contribution in [-0.2, 0) is 0 Å². The summed E-state index contributed by atoms with van der Waals surface area (Å²) in [5.41, 5.74) is 0. The molecule has 1 rings (SSSR count). The third-order valence-electron chi connectivity index (χ3n) is 0.908. The van der Waals surface area contributed by atoms with E-state index >= 15 is 0 Å². The van der Waals surface area contributed by atoms with E-state index in [1.165, 1.54) is 0 Å². The van der Waals surface area contributed by atoms with Gasteiger partial charge in [-0.2, -0.15) is 0 Å². The molecule has 0 aromatic heterocycles. The molecule has 0 aliphatic carbocycles. The smallest absolute Gasteiger partial charge is 0.129 e. The minimum atomic E-state index is 0.363. The first-order valence-corrected chi connectivity index (χ1v) is 4.50. The van der Waals surface area contributed by atoms with Crippen LogP contribution in [-0.4, -0.2) is 5.11 Å². The van der Waals surface area contributed by atoms with Gasteiger partial charge in [0.1, 0.15) is 5.75 Å². The highest BCUT2D eigenvalue weighted by molar-refractivity contribution is 14.1. The quantitative estimate of drug-likeness (QED) is 0.717. The normalized spacial score (nSPS) is 9.56. The Kier molecular flexibility index (Phi) is 2.57. The zero-order valence-corrected chi connectivity index (χ0v) is 8.75. The molecule has 9 heavy (non-hydrogen) atoms. The predicted octanol–water partition coefficient (Wildman–Crippen LogP) is 2.60. The molecule has 0 heterocycles. The highest BCUT2D eigenvalue weighted by Crippen LogP contribution is 2.20. The highest BCUT2D eigenvalue weighted by atomic mass is 127. The summed E-state index contributed by atoms with van der Waals surface area (Å²) in [5.74, 6) is 0.363. The molecule has 0 unspecified atom stereocenters. The SMILES string of the molecule is Oc1cc(I)ccc1I. The number of rotatable bonds is 0. The summed E-state index contributed by atoms with van der Waals surface area (Å²) in [6.07, 6.45) is 0. The van der Waals surface area contributed by atoms with Crippen molar-refractivity contribution in [2.75, 3.05) is 0 Å². The summed E-state index contributed by atoms with van der Waals surface area (Å²) in [4.78, 5) is 0. The fourth-order valence-corrected chi connectivity index (χ4v) is 1.30. The number of hydrogen-bond acceptors (Lipinski definition) is 1. The van der Waals surface area contributed by atoms with Crippen molar-refractivity contribution in [2.24, 2.45) is 0 Å². The molecule has 3 heteroatoms. The maximum Gasteiger partial charge on any atom is 0.129 e. The van der Waals surface area contributed by atoms with Gasteiger partial charge >= 0.3 is 0 Å². The molecule has 0 bridgehead atoms. The van der Waals surface area contributed by atoms with E-state index in [-0.39, 0.29) is 0 Å². The van der Waals surface area contributed by atoms with E-state index in [4.69, 9.17) is 5.11 Å². The van der Waals surface area contributed by atoms with Gasteiger partial charge in [0, 0.05) is 3.57 Å². The van der Waals surface area contributed by atoms with Crippen LogP contribution in [0.3, 0.4) is 0 Å². The lowest BCUT2D eigenvalue weighted by Crippen LogP contribution is -1.73. The summed E-state index contributed by atoms with van der Waals surface area (Å²) < 4.78 is 1.96. The van der Waals surface area contributed by atoms with Crippen LogP contribution in [0.1, 0.15) is 0 Å². The Morgan fingerprint density at radius 1 is 1.22 bits per heavy atom. The second kappa shape index (κ2) is 3.05. The van der Waals surface area contributed by atoms with Crippen LogP contribution < -0.4 is 0 Å². The van der Waals surface area contributed by atoms with Crippen LogP contribution in [0, 0.1) is 7.14 Å². The minimum Gasteiger partial charge on any atom is -0.507 e. The van der Waals surface area contributed by atoms with E-state index in [1.807, 2.05) is 12.1 Å². The lowest BCUT2D eigenvalue weighted by atomic mass is 10.3. The molecule has 0 saturated carbocycles. The van der Waals surface area contributed by atoms with Crippen molar-refractivity contribution in [3.63, 3.8) is 0 Å². The second-order valence-corrected chi connectivity index (χ2v) is 4.00. The van der Waals surface area contributed by atoms with E-state index in [0.717, 1.165) is 7.14 Å². The van der Waals surface area contributed by atoms with Gasteiger partial charge in [-0.15, -0.1) is 0 Å². The third-order valence-corrected chi connectivity index (χ3v) is 2.49. The van der Waals surface area contributed by atoms with Gasteiger partial charge in [-0.1, -0.05) is 0 Å². The Labute approximate surface area is 80.7 Å². The number of benzene rings is 1. The van der Waals surface area contributed by atoms with Gasteiger partial charge in [0.2, 0.25) is 0 Å². The van der Waals surface area contributed by atoms with Gasteiger partial charge in [0.15, 0.2) is 0 Å². The molecule has 0 spiro atoms. The number of phenolic OH excluding ortho intramolecular Hbond substituents is 1. The lowest BCUT2D eigenvalue weighted by Gasteiger charge is -1.94. The van der Waals surface area contributed by atoms with Crippen LogP contribution in [0.15, 0.2) is 18.2 Å². The van der Waals surface area contributed by atoms with Crippen LogP contribution in [0.4, 0.5) is 0 Å². The van der Waals surface area contributed by atoms with E-state index in [9.17, 15) is 0 Å². The molecule has 1 nitrogen and oxygen atoms in total. The summed E-state index contributed by atoms with van der Waals surface area (Å²) in [7, 11) is 0. The van der Waals surface area contributed by atoms with Crippen molar-refractivity contribution >= 4 is 45.2 Å². The monoisotopic (exact) mass is 346 g/mol. The molecule has 0 atom stereocenters. The second-order valence-electron chi connectivity index (χ2n) is 1.60. The molecule has 0 aliphatic heterocycles. The molecule has 0 saturated heterocycles. The first-order valence-electron chi connectivity index (χ1n) is 2.34. The van der Waals surface area contributed by atoms with Gasteiger partial charge < -0.3 is 5.11 Å².